The van der Waals surface area contributed by atoms with Crippen molar-refractivity contribution in [1.29, 1.82) is 5.26 Å². The average molecular weight is 568 g/mol. The van der Waals surface area contributed by atoms with Gasteiger partial charge in [-0.2, -0.15) is 23.5 Å². The monoisotopic (exact) mass is 567 g/mol. The van der Waals surface area contributed by atoms with Crippen LogP contribution in [0.3, 0.4) is 0 Å². The van der Waals surface area contributed by atoms with Crippen molar-refractivity contribution in [2.24, 2.45) is 0 Å². The molecular formula is C28H28F3N7O3. The number of pyridine rings is 1. The second-order valence-electron chi connectivity index (χ2n) is 9.94. The minimum Gasteiger partial charge on any atom is -0.492 e. The molecule has 0 radical (unpaired) electrons. The van der Waals surface area contributed by atoms with E-state index in [9.17, 15) is 22.8 Å². The number of carbonyl (C=O) groups excluding carboxylic acids is 1. The SMILES string of the molecule is N#Cc1ccc(N2CCN(C(=O)CNCCOc3cccc4c3CC(c3cn[nH]c(=O)c3C(F)(F)F)C4)CC2)nc1. The predicted octanol–water partition coefficient (Wildman–Crippen LogP) is 2.25. The highest BCUT2D eigenvalue weighted by molar-refractivity contribution is 5.78. The van der Waals surface area contributed by atoms with Gasteiger partial charge in [-0.05, 0) is 53.6 Å². The molecule has 5 rings (SSSR count). The van der Waals surface area contributed by atoms with Crippen LogP contribution >= 0.6 is 0 Å². The van der Waals surface area contributed by atoms with E-state index in [-0.39, 0.29) is 24.6 Å². The van der Waals surface area contributed by atoms with Crippen LogP contribution in [0.1, 0.15) is 33.7 Å². The molecule has 2 aromatic heterocycles. The number of aromatic amines is 1. The maximum atomic E-state index is 13.6. The van der Waals surface area contributed by atoms with E-state index in [0.717, 1.165) is 23.1 Å². The molecule has 2 N–H and O–H groups in total. The first-order valence-electron chi connectivity index (χ1n) is 13.2. The van der Waals surface area contributed by atoms with Crippen LogP contribution in [-0.2, 0) is 23.8 Å². The molecule has 1 aromatic carbocycles. The topological polar surface area (TPSA) is 127 Å². The largest absolute Gasteiger partial charge is 0.492 e. The van der Waals surface area contributed by atoms with Gasteiger partial charge in [0, 0.05) is 38.9 Å². The first kappa shape index (κ1) is 28.1. The molecule has 1 unspecified atom stereocenters. The van der Waals surface area contributed by atoms with Gasteiger partial charge in [0.1, 0.15) is 29.8 Å². The molecule has 2 aliphatic rings. The number of nitrogens with zero attached hydrogens (tertiary/aromatic N) is 5. The summed E-state index contributed by atoms with van der Waals surface area (Å²) in [6.07, 6.45) is -1.50. The Bertz CT molecular complexity index is 1490. The summed E-state index contributed by atoms with van der Waals surface area (Å²) in [4.78, 5) is 32.7. The van der Waals surface area contributed by atoms with Crippen LogP contribution in [0, 0.1) is 11.3 Å². The van der Waals surface area contributed by atoms with E-state index in [4.69, 9.17) is 10.00 Å². The Kier molecular flexibility index (Phi) is 8.21. The van der Waals surface area contributed by atoms with Crippen molar-refractivity contribution >= 4 is 11.7 Å². The van der Waals surface area contributed by atoms with Gasteiger partial charge in [-0.25, -0.2) is 10.1 Å². The smallest absolute Gasteiger partial charge is 0.422 e. The normalized spacial score (nSPS) is 16.8. The molecule has 41 heavy (non-hydrogen) atoms. The molecule has 3 heterocycles. The molecule has 13 heteroatoms. The number of rotatable bonds is 8. The highest BCUT2D eigenvalue weighted by Crippen LogP contribution is 2.41. The van der Waals surface area contributed by atoms with Gasteiger partial charge in [0.25, 0.3) is 5.56 Å². The molecule has 3 aromatic rings. The number of nitriles is 1. The second-order valence-corrected chi connectivity index (χ2v) is 9.94. The van der Waals surface area contributed by atoms with E-state index in [1.54, 1.807) is 29.2 Å². The Morgan fingerprint density at radius 2 is 1.95 bits per heavy atom. The molecule has 1 aliphatic carbocycles. The van der Waals surface area contributed by atoms with Gasteiger partial charge in [-0.15, -0.1) is 0 Å². The van der Waals surface area contributed by atoms with Crippen LogP contribution in [0.4, 0.5) is 19.0 Å². The summed E-state index contributed by atoms with van der Waals surface area (Å²) in [5.41, 5.74) is -0.365. The van der Waals surface area contributed by atoms with Crippen molar-refractivity contribution in [3.63, 3.8) is 0 Å². The van der Waals surface area contributed by atoms with E-state index >= 15 is 0 Å². The highest BCUT2D eigenvalue weighted by Gasteiger charge is 2.40. The molecule has 1 saturated heterocycles. The summed E-state index contributed by atoms with van der Waals surface area (Å²) in [5, 5.41) is 17.5. The molecule has 214 valence electrons. The number of nitrogens with one attached hydrogen (secondary N) is 2. The lowest BCUT2D eigenvalue weighted by molar-refractivity contribution is -0.139. The van der Waals surface area contributed by atoms with Gasteiger partial charge >= 0.3 is 6.18 Å². The highest BCUT2D eigenvalue weighted by atomic mass is 19.4. The lowest BCUT2D eigenvalue weighted by Crippen LogP contribution is -2.51. The fraction of sp³-hybridized carbons (Fsp3) is 0.393. The van der Waals surface area contributed by atoms with Crippen molar-refractivity contribution in [2.75, 3.05) is 50.8 Å². The number of amides is 1. The van der Waals surface area contributed by atoms with Crippen LogP contribution in [-0.4, -0.2) is 71.9 Å². The number of H-pyrrole nitrogens is 1. The lowest BCUT2D eigenvalue weighted by atomic mass is 9.94. The Morgan fingerprint density at radius 3 is 2.66 bits per heavy atom. The number of hydrogen-bond donors (Lipinski definition) is 2. The summed E-state index contributed by atoms with van der Waals surface area (Å²) >= 11 is 0. The number of aromatic nitrogens is 3. The maximum Gasteiger partial charge on any atom is 0.422 e. The second kappa shape index (κ2) is 12.0. The molecular weight excluding hydrogens is 539 g/mol. The van der Waals surface area contributed by atoms with E-state index in [2.05, 4.69) is 20.3 Å². The molecule has 1 amide bonds. The van der Waals surface area contributed by atoms with Crippen LogP contribution in [0.5, 0.6) is 5.75 Å². The lowest BCUT2D eigenvalue weighted by Gasteiger charge is -2.35. The average Bonchev–Trinajstić information content (AvgIpc) is 3.41. The summed E-state index contributed by atoms with van der Waals surface area (Å²) in [7, 11) is 0. The molecule has 10 nitrogen and oxygen atoms in total. The van der Waals surface area contributed by atoms with Gasteiger partial charge < -0.3 is 19.9 Å². The summed E-state index contributed by atoms with van der Waals surface area (Å²) in [5.74, 6) is 0.801. The van der Waals surface area contributed by atoms with Crippen molar-refractivity contribution in [3.05, 3.63) is 80.9 Å². The van der Waals surface area contributed by atoms with Crippen LogP contribution < -0.4 is 20.5 Å². The third-order valence-electron chi connectivity index (χ3n) is 7.40. The van der Waals surface area contributed by atoms with Gasteiger partial charge in [-0.1, -0.05) is 12.1 Å². The first-order chi connectivity index (χ1) is 19.7. The standard InChI is InChI=1S/C28H28F3N7O3/c29-28(30,31)26-22(16-35-36-27(26)40)20-12-19-2-1-3-23(21(19)13-20)41-11-6-33-17-25(39)38-9-7-37(8-10-38)24-5-4-18(14-32)15-34-24/h1-5,15-16,20,33H,6-13,17H2,(H,36,40). The number of carbonyl (C=O) groups is 1. The first-order valence-corrected chi connectivity index (χ1v) is 13.2. The number of piperazine rings is 1. The Balaban J connectivity index is 1.08. The number of halogens is 3. The fourth-order valence-electron chi connectivity index (χ4n) is 5.35. The minimum absolute atomic E-state index is 0.0205. The summed E-state index contributed by atoms with van der Waals surface area (Å²) < 4.78 is 46.7. The molecule has 1 fully saturated rings. The minimum atomic E-state index is -4.78. The predicted molar refractivity (Wildman–Crippen MR) is 143 cm³/mol. The number of hydrogen-bond acceptors (Lipinski definition) is 8. The fourth-order valence-corrected chi connectivity index (χ4v) is 5.35. The van der Waals surface area contributed by atoms with E-state index < -0.39 is 23.2 Å². The number of benzene rings is 1. The zero-order chi connectivity index (χ0) is 29.0. The number of fused-ring (bicyclic) bond motifs is 1. The van der Waals surface area contributed by atoms with Gasteiger partial charge in [0.2, 0.25) is 5.91 Å². The van der Waals surface area contributed by atoms with Crippen LogP contribution in [0.15, 0.2) is 47.5 Å². The van der Waals surface area contributed by atoms with Crippen LogP contribution in [0.25, 0.3) is 0 Å². The molecule has 0 spiro atoms. The third kappa shape index (κ3) is 6.33. The quantitative estimate of drug-likeness (QED) is 0.397. The number of alkyl halides is 3. The Hall–Kier alpha value is -4.44. The zero-order valence-corrected chi connectivity index (χ0v) is 22.1. The van der Waals surface area contributed by atoms with Gasteiger partial charge in [0.05, 0.1) is 18.3 Å². The Labute approximate surface area is 233 Å². The molecule has 0 saturated carbocycles. The maximum absolute atomic E-state index is 13.6. The summed E-state index contributed by atoms with van der Waals surface area (Å²) in [6.45, 7) is 3.25. The van der Waals surface area contributed by atoms with E-state index in [1.807, 2.05) is 17.2 Å². The zero-order valence-electron chi connectivity index (χ0n) is 22.1. The summed E-state index contributed by atoms with van der Waals surface area (Å²) in [6, 6.07) is 11.0. The number of ether oxygens (including phenoxy) is 1. The Morgan fingerprint density at radius 1 is 1.15 bits per heavy atom. The molecule has 1 atom stereocenters. The molecule has 0 bridgehead atoms. The van der Waals surface area contributed by atoms with Crippen molar-refractivity contribution in [2.45, 2.75) is 24.9 Å². The molecule has 1 aliphatic heterocycles. The van der Waals surface area contributed by atoms with E-state index in [0.29, 0.717) is 56.9 Å². The van der Waals surface area contributed by atoms with Crippen molar-refractivity contribution < 1.29 is 22.7 Å². The van der Waals surface area contributed by atoms with Gasteiger partial charge in [0.15, 0.2) is 0 Å². The number of anilines is 1. The van der Waals surface area contributed by atoms with Gasteiger partial charge in [-0.3, -0.25) is 9.59 Å². The third-order valence-corrected chi connectivity index (χ3v) is 7.40. The van der Waals surface area contributed by atoms with E-state index in [1.165, 1.54) is 6.20 Å². The van der Waals surface area contributed by atoms with Crippen molar-refractivity contribution in [1.82, 2.24) is 25.4 Å². The van der Waals surface area contributed by atoms with Crippen molar-refractivity contribution in [3.8, 4) is 11.8 Å². The van der Waals surface area contributed by atoms with Crippen LogP contribution in [0.2, 0.25) is 0 Å².